The fourth-order valence-corrected chi connectivity index (χ4v) is 3.57. The van der Waals surface area contributed by atoms with Gasteiger partial charge in [0, 0.05) is 17.7 Å². The van der Waals surface area contributed by atoms with Crippen LogP contribution >= 0.6 is 0 Å². The number of hydrogen-bond acceptors (Lipinski definition) is 11. The maximum atomic E-state index is 12.7. The molecule has 3 aromatic rings. The van der Waals surface area contributed by atoms with E-state index in [1.807, 2.05) is 0 Å². The molecule has 2 unspecified atom stereocenters. The van der Waals surface area contributed by atoms with Crippen LogP contribution in [0.2, 0.25) is 0 Å². The fraction of sp³-hybridized carbons (Fsp3) is 0.318. The summed E-state index contributed by atoms with van der Waals surface area (Å²) in [5.74, 6) is -0.990. The van der Waals surface area contributed by atoms with Crippen molar-refractivity contribution in [3.05, 3.63) is 46.6 Å². The lowest BCUT2D eigenvalue weighted by Crippen LogP contribution is -2.60. The molecule has 2 heterocycles. The van der Waals surface area contributed by atoms with Gasteiger partial charge in [0.2, 0.25) is 17.5 Å². The Hall–Kier alpha value is -3.35. The largest absolute Gasteiger partial charge is 0.507 e. The first kappa shape index (κ1) is 22.8. The molecule has 2 aromatic carbocycles. The molecular formula is C22H22O11. The molecule has 0 bridgehead atoms. The number of aromatic hydroxyl groups is 2. The molecule has 1 aliphatic heterocycles. The average molecular weight is 462 g/mol. The van der Waals surface area contributed by atoms with Gasteiger partial charge in [0.05, 0.1) is 13.7 Å². The second kappa shape index (κ2) is 8.89. The summed E-state index contributed by atoms with van der Waals surface area (Å²) in [7, 11) is 1.49. The Kier molecular flexibility index (Phi) is 6.15. The van der Waals surface area contributed by atoms with E-state index < -0.39 is 54.2 Å². The van der Waals surface area contributed by atoms with E-state index in [4.69, 9.17) is 18.6 Å². The molecule has 11 nitrogen and oxygen atoms in total. The van der Waals surface area contributed by atoms with E-state index in [0.29, 0.717) is 11.3 Å². The van der Waals surface area contributed by atoms with E-state index in [2.05, 4.69) is 0 Å². The predicted molar refractivity (Wildman–Crippen MR) is 112 cm³/mol. The normalized spacial score (nSPS) is 25.2. The van der Waals surface area contributed by atoms with Gasteiger partial charge in [0.1, 0.15) is 52.6 Å². The zero-order chi connectivity index (χ0) is 23.9. The van der Waals surface area contributed by atoms with Gasteiger partial charge < -0.3 is 49.3 Å². The highest BCUT2D eigenvalue weighted by atomic mass is 16.7. The van der Waals surface area contributed by atoms with Gasteiger partial charge in [0.25, 0.3) is 0 Å². The van der Waals surface area contributed by atoms with Crippen molar-refractivity contribution in [3.8, 4) is 34.3 Å². The van der Waals surface area contributed by atoms with E-state index in [0.717, 1.165) is 6.07 Å². The molecule has 33 heavy (non-hydrogen) atoms. The molecule has 1 aliphatic rings. The van der Waals surface area contributed by atoms with E-state index in [-0.39, 0.29) is 22.5 Å². The monoisotopic (exact) mass is 462 g/mol. The first-order valence-corrected chi connectivity index (χ1v) is 9.89. The number of aliphatic hydroxyl groups excluding tert-OH is 4. The van der Waals surface area contributed by atoms with Crippen LogP contribution in [-0.2, 0) is 4.74 Å². The van der Waals surface area contributed by atoms with Crippen molar-refractivity contribution in [2.45, 2.75) is 30.7 Å². The second-order valence-corrected chi connectivity index (χ2v) is 7.47. The molecule has 0 amide bonds. The van der Waals surface area contributed by atoms with E-state index in [9.17, 15) is 35.4 Å². The van der Waals surface area contributed by atoms with Crippen LogP contribution in [0.1, 0.15) is 0 Å². The Morgan fingerprint density at radius 3 is 2.30 bits per heavy atom. The highest BCUT2D eigenvalue weighted by Crippen LogP contribution is 2.36. The SMILES string of the molecule is COc1ccc(-c2oc3cc(O[C@@H]4OC(CO)[C@@H](O)[C@H](O)C4O)cc(O)c3c(=O)c2O)cc1. The molecule has 6 N–H and O–H groups in total. The Morgan fingerprint density at radius 2 is 1.67 bits per heavy atom. The van der Waals surface area contributed by atoms with Crippen molar-refractivity contribution < 1.29 is 49.3 Å². The minimum Gasteiger partial charge on any atom is -0.507 e. The van der Waals surface area contributed by atoms with Gasteiger partial charge in [-0.15, -0.1) is 0 Å². The van der Waals surface area contributed by atoms with Crippen molar-refractivity contribution in [1.82, 2.24) is 0 Å². The molecular weight excluding hydrogens is 440 g/mol. The molecule has 11 heteroatoms. The molecule has 0 aliphatic carbocycles. The first-order chi connectivity index (χ1) is 15.7. The lowest BCUT2D eigenvalue weighted by atomic mass is 9.99. The molecule has 5 atom stereocenters. The topological polar surface area (TPSA) is 179 Å². The number of fused-ring (bicyclic) bond motifs is 1. The van der Waals surface area contributed by atoms with E-state index in [1.54, 1.807) is 24.3 Å². The minimum absolute atomic E-state index is 0.112. The quantitative estimate of drug-likeness (QED) is 0.302. The summed E-state index contributed by atoms with van der Waals surface area (Å²) in [5.41, 5.74) is -0.644. The molecule has 1 saturated heterocycles. The highest BCUT2D eigenvalue weighted by molar-refractivity contribution is 5.88. The second-order valence-electron chi connectivity index (χ2n) is 7.47. The summed E-state index contributed by atoms with van der Waals surface area (Å²) in [6.45, 7) is -0.646. The van der Waals surface area contributed by atoms with Gasteiger partial charge in [0.15, 0.2) is 5.76 Å². The number of aliphatic hydroxyl groups is 4. The molecule has 4 rings (SSSR count). The van der Waals surface area contributed by atoms with Crippen LogP contribution in [0, 0.1) is 0 Å². The van der Waals surface area contributed by atoms with Crippen molar-refractivity contribution in [1.29, 1.82) is 0 Å². The van der Waals surface area contributed by atoms with Crippen molar-refractivity contribution in [3.63, 3.8) is 0 Å². The van der Waals surface area contributed by atoms with Crippen LogP contribution in [0.5, 0.6) is 23.0 Å². The summed E-state index contributed by atoms with van der Waals surface area (Å²) < 4.78 is 21.6. The summed E-state index contributed by atoms with van der Waals surface area (Å²) in [5, 5.41) is 59.7. The zero-order valence-electron chi connectivity index (χ0n) is 17.3. The van der Waals surface area contributed by atoms with E-state index in [1.165, 1.54) is 13.2 Å². The van der Waals surface area contributed by atoms with Gasteiger partial charge in [-0.2, -0.15) is 0 Å². The maximum absolute atomic E-state index is 12.7. The van der Waals surface area contributed by atoms with Crippen molar-refractivity contribution in [2.75, 3.05) is 13.7 Å². The molecule has 0 radical (unpaired) electrons. The number of phenolic OH excluding ortho intramolecular Hbond substituents is 1. The van der Waals surface area contributed by atoms with Crippen LogP contribution < -0.4 is 14.9 Å². The highest BCUT2D eigenvalue weighted by Gasteiger charge is 2.44. The smallest absolute Gasteiger partial charge is 0.238 e. The lowest BCUT2D eigenvalue weighted by Gasteiger charge is -2.39. The third kappa shape index (κ3) is 4.08. The standard InChI is InChI=1S/C22H22O11/c1-30-10-4-2-9(3-5-10)21-19(28)17(26)15-12(24)6-11(7-13(15)32-21)31-22-20(29)18(27)16(25)14(8-23)33-22/h2-7,14,16,18,20,22-25,27-29H,8H2,1H3/t14?,16-,18+,20?,22-/m1/s1. The van der Waals surface area contributed by atoms with Crippen LogP contribution in [-0.4, -0.2) is 75.1 Å². The number of benzene rings is 2. The number of methoxy groups -OCH3 is 1. The molecule has 1 fully saturated rings. The van der Waals surface area contributed by atoms with Crippen molar-refractivity contribution >= 4 is 11.0 Å². The van der Waals surface area contributed by atoms with Gasteiger partial charge in [-0.25, -0.2) is 0 Å². The van der Waals surface area contributed by atoms with Crippen molar-refractivity contribution in [2.24, 2.45) is 0 Å². The number of rotatable bonds is 5. The molecule has 176 valence electrons. The Morgan fingerprint density at radius 1 is 0.970 bits per heavy atom. The van der Waals surface area contributed by atoms with Crippen LogP contribution in [0.4, 0.5) is 0 Å². The van der Waals surface area contributed by atoms with Crippen LogP contribution in [0.3, 0.4) is 0 Å². The average Bonchev–Trinajstić information content (AvgIpc) is 2.81. The summed E-state index contributed by atoms with van der Waals surface area (Å²) in [6.07, 6.45) is -7.61. The van der Waals surface area contributed by atoms with Crippen LogP contribution in [0.25, 0.3) is 22.3 Å². The third-order valence-corrected chi connectivity index (χ3v) is 5.38. The number of hydrogen-bond donors (Lipinski definition) is 6. The number of ether oxygens (including phenoxy) is 3. The Balaban J connectivity index is 1.74. The minimum atomic E-state index is -1.68. The number of phenols is 1. The predicted octanol–water partition coefficient (Wildman–Crippen LogP) is 0.0585. The fourth-order valence-electron chi connectivity index (χ4n) is 3.57. The Bertz CT molecular complexity index is 1200. The maximum Gasteiger partial charge on any atom is 0.238 e. The summed E-state index contributed by atoms with van der Waals surface area (Å²) in [6, 6.07) is 8.61. The van der Waals surface area contributed by atoms with Gasteiger partial charge in [-0.05, 0) is 24.3 Å². The summed E-state index contributed by atoms with van der Waals surface area (Å²) >= 11 is 0. The molecule has 1 aromatic heterocycles. The van der Waals surface area contributed by atoms with Gasteiger partial charge in [-0.3, -0.25) is 4.79 Å². The van der Waals surface area contributed by atoms with Gasteiger partial charge >= 0.3 is 0 Å². The first-order valence-electron chi connectivity index (χ1n) is 9.89. The van der Waals surface area contributed by atoms with Crippen LogP contribution in [0.15, 0.2) is 45.6 Å². The summed E-state index contributed by atoms with van der Waals surface area (Å²) in [4.78, 5) is 12.7. The zero-order valence-corrected chi connectivity index (χ0v) is 17.3. The van der Waals surface area contributed by atoms with Gasteiger partial charge in [-0.1, -0.05) is 0 Å². The molecule has 0 saturated carbocycles. The molecule has 0 spiro atoms. The lowest BCUT2D eigenvalue weighted by molar-refractivity contribution is -0.277. The Labute approximate surface area is 186 Å². The van der Waals surface area contributed by atoms with E-state index >= 15 is 0 Å². The third-order valence-electron chi connectivity index (χ3n) is 5.38.